The minimum Gasteiger partial charge on any atom is -0.305 e. The van der Waals surface area contributed by atoms with Crippen molar-refractivity contribution in [3.63, 3.8) is 0 Å². The number of benzene rings is 3. The van der Waals surface area contributed by atoms with Gasteiger partial charge in [0.1, 0.15) is 0 Å². The molecule has 2 atom stereocenters. The Hall–Kier alpha value is -3.12. The molecule has 0 spiro atoms. The Bertz CT molecular complexity index is 1160. The Kier molecular flexibility index (Phi) is 5.83. The van der Waals surface area contributed by atoms with Crippen LogP contribution in [0.3, 0.4) is 0 Å². The monoisotopic (exact) mass is 434 g/mol. The predicted molar refractivity (Wildman–Crippen MR) is 124 cm³/mol. The van der Waals surface area contributed by atoms with Gasteiger partial charge >= 0.3 is 0 Å². The van der Waals surface area contributed by atoms with Gasteiger partial charge in [-0.05, 0) is 42.7 Å². The fourth-order valence-corrected chi connectivity index (χ4v) is 6.30. The lowest BCUT2D eigenvalue weighted by Crippen LogP contribution is -2.47. The average molecular weight is 435 g/mol. The summed E-state index contributed by atoms with van der Waals surface area (Å²) in [6.07, 6.45) is 0.513. The van der Waals surface area contributed by atoms with E-state index in [1.807, 2.05) is 91.9 Å². The summed E-state index contributed by atoms with van der Waals surface area (Å²) in [5, 5.41) is 0. The average Bonchev–Trinajstić information content (AvgIpc) is 2.74. The highest BCUT2D eigenvalue weighted by molar-refractivity contribution is 7.92. The van der Waals surface area contributed by atoms with Crippen LogP contribution < -0.4 is 9.21 Å². The maximum atomic E-state index is 13.5. The highest BCUT2D eigenvalue weighted by atomic mass is 32.2. The first-order chi connectivity index (χ1) is 14.9. The van der Waals surface area contributed by atoms with Crippen LogP contribution in [0.15, 0.2) is 84.9 Å². The zero-order valence-corrected chi connectivity index (χ0v) is 18.5. The third-order valence-corrected chi connectivity index (χ3v) is 7.53. The molecule has 160 valence electrons. The number of para-hydroxylation sites is 2. The normalized spacial score (nSPS) is 18.3. The van der Waals surface area contributed by atoms with Crippen LogP contribution in [-0.4, -0.2) is 20.4 Å². The van der Waals surface area contributed by atoms with Gasteiger partial charge in [0.25, 0.3) is 0 Å². The summed E-state index contributed by atoms with van der Waals surface area (Å²) in [5.74, 6) is -0.134. The van der Waals surface area contributed by atoms with Gasteiger partial charge in [-0.3, -0.25) is 9.10 Å². The first-order valence-corrected chi connectivity index (χ1v) is 12.0. The number of carbonyl (C=O) groups excluding carboxylic acids is 1. The molecule has 0 radical (unpaired) electrons. The summed E-state index contributed by atoms with van der Waals surface area (Å²) in [5.41, 5.74) is 3.05. The van der Waals surface area contributed by atoms with Gasteiger partial charge in [-0.1, -0.05) is 66.7 Å². The maximum Gasteiger partial charge on any atom is 0.239 e. The molecular weight excluding hydrogens is 408 g/mol. The number of rotatable bonds is 5. The number of amides is 1. The molecule has 4 rings (SSSR count). The van der Waals surface area contributed by atoms with Gasteiger partial charge in [-0.2, -0.15) is 0 Å². The van der Waals surface area contributed by atoms with Crippen LogP contribution in [0.5, 0.6) is 0 Å². The lowest BCUT2D eigenvalue weighted by Gasteiger charge is -2.43. The molecule has 6 heteroatoms. The molecule has 1 amide bonds. The summed E-state index contributed by atoms with van der Waals surface area (Å²) >= 11 is 0. The summed E-state index contributed by atoms with van der Waals surface area (Å²) < 4.78 is 28.4. The third kappa shape index (κ3) is 4.21. The number of fused-ring (bicyclic) bond motifs is 1. The Morgan fingerprint density at radius 1 is 0.935 bits per heavy atom. The van der Waals surface area contributed by atoms with E-state index in [0.717, 1.165) is 16.8 Å². The van der Waals surface area contributed by atoms with Crippen LogP contribution in [0, 0.1) is 0 Å². The van der Waals surface area contributed by atoms with E-state index in [2.05, 4.69) is 0 Å². The van der Waals surface area contributed by atoms with E-state index in [4.69, 9.17) is 0 Å². The number of nitrogens with zero attached hydrogens (tertiary/aromatic N) is 2. The van der Waals surface area contributed by atoms with Crippen molar-refractivity contribution in [2.75, 3.05) is 9.21 Å². The maximum absolute atomic E-state index is 13.5. The van der Waals surface area contributed by atoms with Crippen LogP contribution in [0.2, 0.25) is 0 Å². The summed E-state index contributed by atoms with van der Waals surface area (Å²) in [7, 11) is -3.60. The van der Waals surface area contributed by atoms with Crippen molar-refractivity contribution in [3.05, 3.63) is 96.1 Å². The molecule has 0 N–H and O–H groups in total. The quantitative estimate of drug-likeness (QED) is 0.573. The van der Waals surface area contributed by atoms with Crippen molar-refractivity contribution in [2.24, 2.45) is 0 Å². The molecule has 0 saturated heterocycles. The zero-order valence-electron chi connectivity index (χ0n) is 17.7. The van der Waals surface area contributed by atoms with E-state index < -0.39 is 10.0 Å². The second kappa shape index (κ2) is 8.55. The second-order valence-electron chi connectivity index (χ2n) is 7.92. The van der Waals surface area contributed by atoms with Crippen LogP contribution in [-0.2, 0) is 20.6 Å². The lowest BCUT2D eigenvalue weighted by molar-refractivity contribution is -0.117. The number of hydrogen-bond donors (Lipinski definition) is 0. The van der Waals surface area contributed by atoms with Gasteiger partial charge in [-0.15, -0.1) is 0 Å². The van der Waals surface area contributed by atoms with Crippen LogP contribution >= 0.6 is 0 Å². The molecule has 0 aliphatic carbocycles. The topological polar surface area (TPSA) is 57.7 Å². The fraction of sp³-hybridized carbons (Fsp3) is 0.240. The molecule has 3 aromatic rings. The predicted octanol–water partition coefficient (Wildman–Crippen LogP) is 4.91. The molecule has 1 heterocycles. The fourth-order valence-electron chi connectivity index (χ4n) is 4.45. The van der Waals surface area contributed by atoms with Gasteiger partial charge in [0.15, 0.2) is 0 Å². The molecule has 1 aliphatic heterocycles. The van der Waals surface area contributed by atoms with Crippen LogP contribution in [0.1, 0.15) is 37.4 Å². The Morgan fingerprint density at radius 2 is 1.52 bits per heavy atom. The molecule has 0 aromatic heterocycles. The molecule has 0 bridgehead atoms. The van der Waals surface area contributed by atoms with Crippen molar-refractivity contribution >= 4 is 27.3 Å². The minimum absolute atomic E-state index is 0.0632. The number of sulfonamides is 1. The molecule has 0 saturated carbocycles. The standard InChI is InChI=1S/C25H26N2O3S/c1-19-17-25(26(20(2)28)22-13-7-4-8-14-22)23-15-9-10-16-24(23)27(19)31(29,30)18-21-11-5-3-6-12-21/h3-16,19,25H,17-18H2,1-2H3. The van der Waals surface area contributed by atoms with Crippen molar-refractivity contribution in [1.82, 2.24) is 0 Å². The summed E-state index contributed by atoms with van der Waals surface area (Å²) in [4.78, 5) is 14.4. The number of carbonyl (C=O) groups is 1. The molecule has 5 nitrogen and oxygen atoms in total. The third-order valence-electron chi connectivity index (χ3n) is 5.67. The Balaban J connectivity index is 1.77. The van der Waals surface area contributed by atoms with Crippen LogP contribution in [0.4, 0.5) is 11.4 Å². The molecule has 0 fully saturated rings. The van der Waals surface area contributed by atoms with Gasteiger partial charge < -0.3 is 4.90 Å². The number of anilines is 2. The van der Waals surface area contributed by atoms with Gasteiger partial charge in [0.2, 0.25) is 15.9 Å². The van der Waals surface area contributed by atoms with E-state index in [9.17, 15) is 13.2 Å². The molecule has 2 unspecified atom stereocenters. The largest absolute Gasteiger partial charge is 0.305 e. The second-order valence-corrected chi connectivity index (χ2v) is 9.77. The summed E-state index contributed by atoms with van der Waals surface area (Å²) in [6, 6.07) is 25.7. The van der Waals surface area contributed by atoms with E-state index in [1.54, 1.807) is 11.8 Å². The van der Waals surface area contributed by atoms with Crippen LogP contribution in [0.25, 0.3) is 0 Å². The Labute approximate surface area is 184 Å². The van der Waals surface area contributed by atoms with Gasteiger partial charge in [0, 0.05) is 18.7 Å². The Morgan fingerprint density at radius 3 is 2.16 bits per heavy atom. The molecule has 1 aliphatic rings. The zero-order chi connectivity index (χ0) is 22.0. The van der Waals surface area contributed by atoms with E-state index in [1.165, 1.54) is 4.31 Å². The number of hydrogen-bond acceptors (Lipinski definition) is 3. The highest BCUT2D eigenvalue weighted by Crippen LogP contribution is 2.43. The van der Waals surface area contributed by atoms with Crippen molar-refractivity contribution < 1.29 is 13.2 Å². The molecule has 31 heavy (non-hydrogen) atoms. The first kappa shape index (κ1) is 21.1. The first-order valence-electron chi connectivity index (χ1n) is 10.4. The van der Waals surface area contributed by atoms with Crippen molar-refractivity contribution in [2.45, 2.75) is 38.1 Å². The molecule has 3 aromatic carbocycles. The van der Waals surface area contributed by atoms with Crippen molar-refractivity contribution in [1.29, 1.82) is 0 Å². The molecular formula is C25H26N2O3S. The van der Waals surface area contributed by atoms with E-state index >= 15 is 0 Å². The SMILES string of the molecule is CC(=O)N(c1ccccc1)C1CC(C)N(S(=O)(=O)Cc2ccccc2)c2ccccc21. The van der Waals surface area contributed by atoms with Crippen molar-refractivity contribution in [3.8, 4) is 0 Å². The van der Waals surface area contributed by atoms with E-state index in [-0.39, 0.29) is 23.7 Å². The minimum atomic E-state index is -3.60. The van der Waals surface area contributed by atoms with E-state index in [0.29, 0.717) is 12.1 Å². The van der Waals surface area contributed by atoms with Gasteiger partial charge in [0.05, 0.1) is 17.5 Å². The lowest BCUT2D eigenvalue weighted by atomic mass is 9.91. The van der Waals surface area contributed by atoms with Gasteiger partial charge in [-0.25, -0.2) is 8.42 Å². The summed E-state index contributed by atoms with van der Waals surface area (Å²) in [6.45, 7) is 3.47. The smallest absolute Gasteiger partial charge is 0.239 e. The highest BCUT2D eigenvalue weighted by Gasteiger charge is 2.40.